The summed E-state index contributed by atoms with van der Waals surface area (Å²) in [7, 11) is 2.12. The van der Waals surface area contributed by atoms with Gasteiger partial charge in [-0.05, 0) is 30.0 Å². The average molecular weight is 301 g/mol. The van der Waals surface area contributed by atoms with Crippen molar-refractivity contribution in [1.82, 2.24) is 4.98 Å². The van der Waals surface area contributed by atoms with Crippen LogP contribution >= 0.6 is 11.8 Å². The lowest BCUT2D eigenvalue weighted by molar-refractivity contribution is 0.840. The molecule has 2 aromatic rings. The van der Waals surface area contributed by atoms with E-state index in [1.54, 1.807) is 0 Å². The maximum absolute atomic E-state index is 5.97. The number of rotatable bonds is 7. The molecule has 2 N–H and O–H groups in total. The molecule has 3 nitrogen and oxygen atoms in total. The Labute approximate surface area is 131 Å². The second-order valence-electron chi connectivity index (χ2n) is 4.88. The van der Waals surface area contributed by atoms with E-state index in [9.17, 15) is 0 Å². The standard InChI is InChI=1S/C17H23N3S/c1-3-21-17-9-6-8-16(15(17)13-18)20(2)12-10-14-7-4-5-11-19-14/h4-9,11H,3,10,12-13,18H2,1-2H3. The fourth-order valence-corrected chi connectivity index (χ4v) is 3.20. The van der Waals surface area contributed by atoms with E-state index in [1.807, 2.05) is 30.1 Å². The number of hydrogen-bond acceptors (Lipinski definition) is 4. The van der Waals surface area contributed by atoms with Crippen molar-refractivity contribution in [1.29, 1.82) is 0 Å². The van der Waals surface area contributed by atoms with Gasteiger partial charge in [0.15, 0.2) is 0 Å². The minimum absolute atomic E-state index is 0.576. The van der Waals surface area contributed by atoms with Crippen molar-refractivity contribution in [3.05, 3.63) is 53.9 Å². The molecule has 0 unspecified atom stereocenters. The quantitative estimate of drug-likeness (QED) is 0.797. The third-order valence-corrected chi connectivity index (χ3v) is 4.44. The molecule has 112 valence electrons. The maximum Gasteiger partial charge on any atom is 0.0421 e. The van der Waals surface area contributed by atoms with Crippen molar-refractivity contribution in [2.24, 2.45) is 5.73 Å². The number of likely N-dealkylation sites (N-methyl/N-ethyl adjacent to an activating group) is 1. The molecule has 0 aliphatic heterocycles. The molecule has 0 saturated carbocycles. The van der Waals surface area contributed by atoms with Crippen LogP contribution in [0.25, 0.3) is 0 Å². The van der Waals surface area contributed by atoms with Gasteiger partial charge in [0.25, 0.3) is 0 Å². The van der Waals surface area contributed by atoms with Crippen molar-refractivity contribution < 1.29 is 0 Å². The highest BCUT2D eigenvalue weighted by Crippen LogP contribution is 2.30. The Bertz CT molecular complexity index is 557. The van der Waals surface area contributed by atoms with Gasteiger partial charge in [0, 0.05) is 54.6 Å². The summed E-state index contributed by atoms with van der Waals surface area (Å²) in [5, 5.41) is 0. The first-order valence-electron chi connectivity index (χ1n) is 7.32. The third-order valence-electron chi connectivity index (χ3n) is 3.45. The minimum atomic E-state index is 0.576. The molecule has 21 heavy (non-hydrogen) atoms. The molecule has 0 aliphatic carbocycles. The highest BCUT2D eigenvalue weighted by atomic mass is 32.2. The normalized spacial score (nSPS) is 10.6. The van der Waals surface area contributed by atoms with Gasteiger partial charge in [0.1, 0.15) is 0 Å². The van der Waals surface area contributed by atoms with Gasteiger partial charge in [-0.15, -0.1) is 11.8 Å². The molecule has 0 amide bonds. The van der Waals surface area contributed by atoms with Crippen molar-refractivity contribution in [3.63, 3.8) is 0 Å². The molecule has 0 saturated heterocycles. The fourth-order valence-electron chi connectivity index (χ4n) is 2.36. The summed E-state index contributed by atoms with van der Waals surface area (Å²) < 4.78 is 0. The number of nitrogens with two attached hydrogens (primary N) is 1. The van der Waals surface area contributed by atoms with Crippen molar-refractivity contribution in [2.75, 3.05) is 24.2 Å². The van der Waals surface area contributed by atoms with Crippen molar-refractivity contribution in [3.8, 4) is 0 Å². The number of hydrogen-bond donors (Lipinski definition) is 1. The van der Waals surface area contributed by atoms with Gasteiger partial charge in [0.05, 0.1) is 0 Å². The van der Waals surface area contributed by atoms with Gasteiger partial charge in [-0.25, -0.2) is 0 Å². The van der Waals surface area contributed by atoms with Crippen LogP contribution in [0.3, 0.4) is 0 Å². The second-order valence-corrected chi connectivity index (χ2v) is 6.19. The Morgan fingerprint density at radius 3 is 2.71 bits per heavy atom. The zero-order valence-corrected chi connectivity index (χ0v) is 13.6. The van der Waals surface area contributed by atoms with Gasteiger partial charge < -0.3 is 10.6 Å². The van der Waals surface area contributed by atoms with Crippen LogP contribution in [0.4, 0.5) is 5.69 Å². The van der Waals surface area contributed by atoms with Crippen LogP contribution in [0.5, 0.6) is 0 Å². The molecular weight excluding hydrogens is 278 g/mol. The molecule has 0 bridgehead atoms. The monoisotopic (exact) mass is 301 g/mol. The van der Waals surface area contributed by atoms with Gasteiger partial charge >= 0.3 is 0 Å². The Balaban J connectivity index is 2.11. The van der Waals surface area contributed by atoms with E-state index in [1.165, 1.54) is 16.1 Å². The summed E-state index contributed by atoms with van der Waals surface area (Å²) in [6, 6.07) is 12.5. The Morgan fingerprint density at radius 2 is 2.05 bits per heavy atom. The molecule has 4 heteroatoms. The van der Waals surface area contributed by atoms with Gasteiger partial charge in [-0.3, -0.25) is 4.98 Å². The van der Waals surface area contributed by atoms with Crippen LogP contribution < -0.4 is 10.6 Å². The maximum atomic E-state index is 5.97. The van der Waals surface area contributed by atoms with Gasteiger partial charge in [0.2, 0.25) is 0 Å². The first-order valence-corrected chi connectivity index (χ1v) is 8.30. The summed E-state index contributed by atoms with van der Waals surface area (Å²) in [4.78, 5) is 7.95. The van der Waals surface area contributed by atoms with Crippen LogP contribution in [0.1, 0.15) is 18.2 Å². The number of nitrogens with zero attached hydrogens (tertiary/aromatic N) is 2. The van der Waals surface area contributed by atoms with Crippen LogP contribution in [0, 0.1) is 0 Å². The molecule has 1 aromatic carbocycles. The minimum Gasteiger partial charge on any atom is -0.374 e. The van der Waals surface area contributed by atoms with Crippen LogP contribution in [-0.4, -0.2) is 24.3 Å². The highest BCUT2D eigenvalue weighted by Gasteiger charge is 2.11. The molecule has 0 spiro atoms. The number of anilines is 1. The van der Waals surface area contributed by atoms with Crippen LogP contribution in [0.15, 0.2) is 47.5 Å². The highest BCUT2D eigenvalue weighted by molar-refractivity contribution is 7.99. The molecule has 0 atom stereocenters. The Hall–Kier alpha value is -1.52. The van der Waals surface area contributed by atoms with E-state index >= 15 is 0 Å². The largest absolute Gasteiger partial charge is 0.374 e. The van der Waals surface area contributed by atoms with E-state index in [2.05, 4.69) is 48.1 Å². The summed E-state index contributed by atoms with van der Waals surface area (Å²) >= 11 is 1.85. The zero-order valence-electron chi connectivity index (χ0n) is 12.7. The first-order chi connectivity index (χ1) is 10.3. The van der Waals surface area contributed by atoms with Crippen molar-refractivity contribution in [2.45, 2.75) is 24.8 Å². The third kappa shape index (κ3) is 4.22. The number of pyridine rings is 1. The van der Waals surface area contributed by atoms with E-state index in [0.717, 1.165) is 24.4 Å². The van der Waals surface area contributed by atoms with E-state index in [-0.39, 0.29) is 0 Å². The molecule has 0 radical (unpaired) electrons. The van der Waals surface area contributed by atoms with Crippen LogP contribution in [0.2, 0.25) is 0 Å². The summed E-state index contributed by atoms with van der Waals surface area (Å²) in [6.07, 6.45) is 2.78. The zero-order chi connectivity index (χ0) is 15.1. The van der Waals surface area contributed by atoms with E-state index in [0.29, 0.717) is 6.54 Å². The SMILES string of the molecule is CCSc1cccc(N(C)CCc2ccccn2)c1CN. The van der Waals surface area contributed by atoms with Gasteiger partial charge in [-0.1, -0.05) is 19.1 Å². The van der Waals surface area contributed by atoms with E-state index < -0.39 is 0 Å². The van der Waals surface area contributed by atoms with E-state index in [4.69, 9.17) is 5.73 Å². The number of benzene rings is 1. The second kappa shape index (κ2) is 8.05. The average Bonchev–Trinajstić information content (AvgIpc) is 2.53. The number of thioether (sulfide) groups is 1. The smallest absolute Gasteiger partial charge is 0.0421 e. The summed E-state index contributed by atoms with van der Waals surface area (Å²) in [5.41, 5.74) is 9.57. The fraction of sp³-hybridized carbons (Fsp3) is 0.353. The molecule has 1 aromatic heterocycles. The molecule has 0 fully saturated rings. The predicted octanol–water partition coefficient (Wildman–Crippen LogP) is 3.33. The predicted molar refractivity (Wildman–Crippen MR) is 91.9 cm³/mol. The van der Waals surface area contributed by atoms with Gasteiger partial charge in [-0.2, -0.15) is 0 Å². The molecular formula is C17H23N3S. The topological polar surface area (TPSA) is 42.2 Å². The number of aromatic nitrogens is 1. The lowest BCUT2D eigenvalue weighted by Gasteiger charge is -2.23. The molecule has 1 heterocycles. The first kappa shape index (κ1) is 15.9. The Kier molecular flexibility index (Phi) is 6.08. The lowest BCUT2D eigenvalue weighted by atomic mass is 10.1. The molecule has 0 aliphatic rings. The lowest BCUT2D eigenvalue weighted by Crippen LogP contribution is -2.22. The van der Waals surface area contributed by atoms with Crippen LogP contribution in [-0.2, 0) is 13.0 Å². The Morgan fingerprint density at radius 1 is 1.19 bits per heavy atom. The molecule has 2 rings (SSSR count). The van der Waals surface area contributed by atoms with Crippen molar-refractivity contribution >= 4 is 17.4 Å². The summed E-state index contributed by atoms with van der Waals surface area (Å²) in [6.45, 7) is 3.68. The summed E-state index contributed by atoms with van der Waals surface area (Å²) in [5.74, 6) is 1.06.